The lowest BCUT2D eigenvalue weighted by atomic mass is 9.71. The van der Waals surface area contributed by atoms with Crippen molar-refractivity contribution in [2.45, 2.75) is 82.5 Å². The summed E-state index contributed by atoms with van der Waals surface area (Å²) in [6, 6.07) is -0.497. The lowest BCUT2D eigenvalue weighted by Crippen LogP contribution is -2.46. The zero-order chi connectivity index (χ0) is 18.7. The number of carboxylic acids is 1. The molecular weight excluding hydrogens is 337 g/mol. The molecule has 0 aromatic carbocycles. The van der Waals surface area contributed by atoms with Crippen LogP contribution in [0.5, 0.6) is 0 Å². The fourth-order valence-electron chi connectivity index (χ4n) is 5.05. The molecule has 3 rings (SSSR count). The third kappa shape index (κ3) is 4.27. The van der Waals surface area contributed by atoms with Crippen molar-refractivity contribution in [3.8, 4) is 0 Å². The lowest BCUT2D eigenvalue weighted by Gasteiger charge is -2.39. The van der Waals surface area contributed by atoms with Crippen LogP contribution in [-0.2, 0) is 14.3 Å². The summed E-state index contributed by atoms with van der Waals surface area (Å²) < 4.78 is 20.3. The van der Waals surface area contributed by atoms with Crippen molar-refractivity contribution in [2.75, 3.05) is 7.11 Å². The number of amides is 1. The van der Waals surface area contributed by atoms with E-state index in [1.807, 2.05) is 0 Å². The van der Waals surface area contributed by atoms with Gasteiger partial charge >= 0.3 is 5.97 Å². The lowest BCUT2D eigenvalue weighted by molar-refractivity contribution is -0.133. The molecule has 3 aliphatic carbocycles. The van der Waals surface area contributed by atoms with Crippen molar-refractivity contribution in [1.29, 1.82) is 0 Å². The van der Waals surface area contributed by atoms with Crippen LogP contribution in [0, 0.1) is 11.8 Å². The van der Waals surface area contributed by atoms with Crippen LogP contribution in [0.25, 0.3) is 0 Å². The Balaban J connectivity index is 1.55. The quantitative estimate of drug-likeness (QED) is 0.781. The maximum absolute atomic E-state index is 14.8. The molecule has 5 unspecified atom stereocenters. The Hall–Kier alpha value is -1.43. The second kappa shape index (κ2) is 8.51. The first kappa shape index (κ1) is 19.3. The van der Waals surface area contributed by atoms with E-state index in [1.54, 1.807) is 7.11 Å². The summed E-state index contributed by atoms with van der Waals surface area (Å²) in [4.78, 5) is 23.6. The van der Waals surface area contributed by atoms with E-state index in [0.717, 1.165) is 32.1 Å². The van der Waals surface area contributed by atoms with Gasteiger partial charge in [-0.25, -0.2) is 9.18 Å². The van der Waals surface area contributed by atoms with E-state index >= 15 is 0 Å². The molecule has 2 N–H and O–H groups in total. The molecule has 0 aliphatic heterocycles. The van der Waals surface area contributed by atoms with Gasteiger partial charge in [-0.1, -0.05) is 6.42 Å². The summed E-state index contributed by atoms with van der Waals surface area (Å²) in [6.07, 6.45) is 7.23. The fourth-order valence-corrected chi connectivity index (χ4v) is 5.05. The molecule has 0 aromatic heterocycles. The van der Waals surface area contributed by atoms with Crippen LogP contribution in [0.15, 0.2) is 11.1 Å². The Kier molecular flexibility index (Phi) is 6.33. The van der Waals surface area contributed by atoms with E-state index in [0.29, 0.717) is 55.6 Å². The van der Waals surface area contributed by atoms with Gasteiger partial charge < -0.3 is 15.2 Å². The normalized spacial score (nSPS) is 35.4. The first-order valence-electron chi connectivity index (χ1n) is 9.92. The summed E-state index contributed by atoms with van der Waals surface area (Å²) in [5.41, 5.74) is 0.529. The van der Waals surface area contributed by atoms with Crippen LogP contribution in [0.4, 0.5) is 4.39 Å². The predicted molar refractivity (Wildman–Crippen MR) is 95.4 cm³/mol. The summed E-state index contributed by atoms with van der Waals surface area (Å²) in [6.45, 7) is 0. The van der Waals surface area contributed by atoms with Gasteiger partial charge in [-0.05, 0) is 69.6 Å². The monoisotopic (exact) mass is 367 g/mol. The Morgan fingerprint density at radius 3 is 2.46 bits per heavy atom. The molecular formula is C20H30FNO4. The average molecular weight is 367 g/mol. The van der Waals surface area contributed by atoms with Gasteiger partial charge in [0, 0.05) is 18.3 Å². The van der Waals surface area contributed by atoms with Crippen molar-refractivity contribution >= 4 is 11.9 Å². The average Bonchev–Trinajstić information content (AvgIpc) is 3.13. The van der Waals surface area contributed by atoms with Gasteiger partial charge in [0.15, 0.2) is 0 Å². The summed E-state index contributed by atoms with van der Waals surface area (Å²) in [7, 11) is 1.75. The van der Waals surface area contributed by atoms with Gasteiger partial charge in [0.25, 0.3) is 0 Å². The predicted octanol–water partition coefficient (Wildman–Crippen LogP) is 3.38. The van der Waals surface area contributed by atoms with Gasteiger partial charge in [-0.2, -0.15) is 0 Å². The van der Waals surface area contributed by atoms with Crippen LogP contribution < -0.4 is 5.32 Å². The Morgan fingerprint density at radius 1 is 1.04 bits per heavy atom. The molecule has 3 aliphatic rings. The zero-order valence-corrected chi connectivity index (χ0v) is 15.5. The van der Waals surface area contributed by atoms with Gasteiger partial charge in [0.05, 0.1) is 12.1 Å². The minimum Gasteiger partial charge on any atom is -0.478 e. The highest BCUT2D eigenvalue weighted by Gasteiger charge is 2.38. The molecule has 2 fully saturated rings. The SMILES string of the molecule is COC1CCCC(C2CCC(NC(=O)C3=C(C(=O)O)CCC3)C(F)C2)C1. The molecule has 0 radical (unpaired) electrons. The number of ether oxygens (including phenoxy) is 1. The van der Waals surface area contributed by atoms with E-state index in [-0.39, 0.29) is 11.5 Å². The Labute approximate surface area is 154 Å². The van der Waals surface area contributed by atoms with Crippen LogP contribution in [0.2, 0.25) is 0 Å². The maximum Gasteiger partial charge on any atom is 0.332 e. The highest BCUT2D eigenvalue weighted by molar-refractivity contribution is 6.03. The van der Waals surface area contributed by atoms with E-state index in [2.05, 4.69) is 5.32 Å². The molecule has 0 aromatic rings. The molecule has 0 heterocycles. The van der Waals surface area contributed by atoms with Crippen molar-refractivity contribution in [3.05, 3.63) is 11.1 Å². The number of hydrogen-bond donors (Lipinski definition) is 2. The van der Waals surface area contributed by atoms with E-state index in [9.17, 15) is 19.1 Å². The number of aliphatic carboxylic acids is 1. The van der Waals surface area contributed by atoms with Crippen LogP contribution in [0.1, 0.15) is 64.2 Å². The van der Waals surface area contributed by atoms with Gasteiger partial charge in [0.2, 0.25) is 5.91 Å². The first-order chi connectivity index (χ1) is 12.5. The fraction of sp³-hybridized carbons (Fsp3) is 0.800. The first-order valence-corrected chi connectivity index (χ1v) is 9.92. The molecule has 6 heteroatoms. The van der Waals surface area contributed by atoms with Crippen LogP contribution in [0.3, 0.4) is 0 Å². The minimum atomic E-state index is -1.06. The van der Waals surface area contributed by atoms with Gasteiger partial charge in [-0.3, -0.25) is 4.79 Å². The number of methoxy groups -OCH3 is 1. The number of carbonyl (C=O) groups is 2. The molecule has 146 valence electrons. The second-order valence-corrected chi connectivity index (χ2v) is 8.07. The topological polar surface area (TPSA) is 75.6 Å². The number of rotatable bonds is 5. The molecule has 5 nitrogen and oxygen atoms in total. The van der Waals surface area contributed by atoms with Gasteiger partial charge in [-0.15, -0.1) is 0 Å². The van der Waals surface area contributed by atoms with E-state index < -0.39 is 18.2 Å². The summed E-state index contributed by atoms with van der Waals surface area (Å²) in [5, 5.41) is 12.0. The second-order valence-electron chi connectivity index (χ2n) is 8.07. The van der Waals surface area contributed by atoms with Crippen LogP contribution in [-0.4, -0.2) is 42.4 Å². The number of carboxylic acid groups (broad SMARTS) is 1. The highest BCUT2D eigenvalue weighted by atomic mass is 19.1. The number of alkyl halides is 1. The molecule has 5 atom stereocenters. The molecule has 1 amide bonds. The largest absolute Gasteiger partial charge is 0.478 e. The smallest absolute Gasteiger partial charge is 0.332 e. The molecule has 26 heavy (non-hydrogen) atoms. The number of hydrogen-bond acceptors (Lipinski definition) is 3. The standard InChI is InChI=1S/C20H30FNO4/c1-26-14-5-2-4-12(10-14)13-8-9-18(17(21)11-13)22-19(23)15-6-3-7-16(15)20(24)25/h12-14,17-18H,2-11H2,1H3,(H,22,23)(H,24,25). The van der Waals surface area contributed by atoms with Crippen molar-refractivity contribution < 1.29 is 23.8 Å². The number of nitrogens with one attached hydrogen (secondary N) is 1. The van der Waals surface area contributed by atoms with E-state index in [1.165, 1.54) is 0 Å². The Bertz CT molecular complexity index is 576. The third-order valence-electron chi connectivity index (χ3n) is 6.55. The number of halogens is 1. The minimum absolute atomic E-state index is 0.194. The molecule has 0 spiro atoms. The highest BCUT2D eigenvalue weighted by Crippen LogP contribution is 2.40. The number of carbonyl (C=O) groups excluding carboxylic acids is 1. The summed E-state index contributed by atoms with van der Waals surface area (Å²) >= 11 is 0. The molecule has 0 bridgehead atoms. The van der Waals surface area contributed by atoms with Crippen molar-refractivity contribution in [1.82, 2.24) is 5.32 Å². The van der Waals surface area contributed by atoms with E-state index in [4.69, 9.17) is 4.74 Å². The molecule has 2 saturated carbocycles. The summed E-state index contributed by atoms with van der Waals surface area (Å²) in [5.74, 6) is -0.544. The zero-order valence-electron chi connectivity index (χ0n) is 15.5. The van der Waals surface area contributed by atoms with Gasteiger partial charge in [0.1, 0.15) is 6.17 Å². The van der Waals surface area contributed by atoms with Crippen molar-refractivity contribution in [3.63, 3.8) is 0 Å². The Morgan fingerprint density at radius 2 is 1.77 bits per heavy atom. The van der Waals surface area contributed by atoms with Crippen molar-refractivity contribution in [2.24, 2.45) is 11.8 Å². The maximum atomic E-state index is 14.8. The third-order valence-corrected chi connectivity index (χ3v) is 6.55. The molecule has 0 saturated heterocycles. The van der Waals surface area contributed by atoms with Crippen LogP contribution >= 0.6 is 0 Å².